The number of anilines is 1. The zero-order valence-electron chi connectivity index (χ0n) is 27.5. The third-order valence-corrected chi connectivity index (χ3v) is 12.0. The van der Waals surface area contributed by atoms with Crippen LogP contribution in [0.3, 0.4) is 0 Å². The van der Waals surface area contributed by atoms with E-state index in [1.165, 1.54) is 12.1 Å². The van der Waals surface area contributed by atoms with E-state index >= 15 is 0 Å². The van der Waals surface area contributed by atoms with Gasteiger partial charge >= 0.3 is 0 Å². The average molecular weight is 760 g/mol. The molecule has 4 N–H and O–H groups in total. The van der Waals surface area contributed by atoms with E-state index in [2.05, 4.69) is 23.2 Å². The van der Waals surface area contributed by atoms with Gasteiger partial charge in [0.25, 0.3) is 30.4 Å². The highest BCUT2D eigenvalue weighted by Crippen LogP contribution is 2.51. The molecule has 0 fully saturated rings. The van der Waals surface area contributed by atoms with Crippen molar-refractivity contribution in [3.63, 3.8) is 0 Å². The van der Waals surface area contributed by atoms with E-state index in [0.29, 0.717) is 42.0 Å². The van der Waals surface area contributed by atoms with Gasteiger partial charge in [-0.2, -0.15) is 25.3 Å². The van der Waals surface area contributed by atoms with Crippen molar-refractivity contribution in [3.05, 3.63) is 82.6 Å². The van der Waals surface area contributed by atoms with Crippen molar-refractivity contribution in [2.24, 2.45) is 0 Å². The van der Waals surface area contributed by atoms with E-state index in [4.69, 9.17) is 5.26 Å². The quantitative estimate of drug-likeness (QED) is 0.0483. The van der Waals surface area contributed by atoms with Crippen LogP contribution in [0.5, 0.6) is 0 Å². The molecular weight excluding hydrogens is 719 g/mol. The summed E-state index contributed by atoms with van der Waals surface area (Å²) in [5.74, 6) is -0.745. The van der Waals surface area contributed by atoms with E-state index < -0.39 is 46.9 Å². The van der Waals surface area contributed by atoms with Crippen molar-refractivity contribution in [3.8, 4) is 0 Å². The van der Waals surface area contributed by atoms with Crippen molar-refractivity contribution >= 4 is 53.7 Å². The number of unbranched alkanes of at least 4 members (excludes halogenated alkanes) is 2. The minimum Gasteiger partial charge on any atom is -0.344 e. The van der Waals surface area contributed by atoms with Crippen LogP contribution in [0.1, 0.15) is 76.5 Å². The van der Waals surface area contributed by atoms with Gasteiger partial charge in [0.1, 0.15) is 0 Å². The minimum absolute atomic E-state index is 0.202. The fourth-order valence-corrected chi connectivity index (χ4v) is 8.63. The fraction of sp³-hybridized carbons (Fsp3) is 0.438. The summed E-state index contributed by atoms with van der Waals surface area (Å²) in [4.78, 5) is 2.41. The monoisotopic (exact) mass is 759 g/mol. The molecule has 4 rings (SSSR count). The Hall–Kier alpha value is -2.58. The molecule has 2 aromatic carbocycles. The van der Waals surface area contributed by atoms with Crippen LogP contribution in [0.25, 0.3) is 5.57 Å². The summed E-state index contributed by atoms with van der Waals surface area (Å²) in [5, 5.41) is 12.4. The van der Waals surface area contributed by atoms with Crippen molar-refractivity contribution < 1.29 is 53.5 Å². The molecule has 17 heteroatoms. The maximum absolute atomic E-state index is 12.0. The Bertz CT molecular complexity index is 2000. The second-order valence-electron chi connectivity index (χ2n) is 13.0. The Labute approximate surface area is 292 Å². The first-order valence-corrected chi connectivity index (χ1v) is 20.8. The normalized spacial score (nSPS) is 18.1. The molecule has 0 atom stereocenters. The molecule has 13 nitrogen and oxygen atoms in total. The van der Waals surface area contributed by atoms with Gasteiger partial charge in [-0.25, -0.2) is 5.26 Å². The highest BCUT2D eigenvalue weighted by Gasteiger charge is 2.41. The molecule has 2 aliphatic rings. The minimum atomic E-state index is -4.48. The topological polar surface area (TPSA) is 205 Å². The largest absolute Gasteiger partial charge is 0.344 e. The molecule has 0 bridgehead atoms. The van der Waals surface area contributed by atoms with Gasteiger partial charge in [-0.1, -0.05) is 51.0 Å². The molecular formula is C32H41NO12S4. The van der Waals surface area contributed by atoms with Crippen LogP contribution in [0.4, 0.5) is 5.69 Å². The maximum atomic E-state index is 12.0. The van der Waals surface area contributed by atoms with Crippen LogP contribution in [0, 0.1) is 0 Å². The summed E-state index contributed by atoms with van der Waals surface area (Å²) >= 11 is 0.835. The van der Waals surface area contributed by atoms with E-state index in [-0.39, 0.29) is 23.5 Å². The molecule has 1 aliphatic heterocycles. The van der Waals surface area contributed by atoms with Crippen LogP contribution in [0.15, 0.2) is 75.7 Å². The number of nitrogens with zero attached hydrogens (tertiary/aromatic N) is 1. The lowest BCUT2D eigenvalue weighted by atomic mass is 9.80. The third kappa shape index (κ3) is 9.40. The van der Waals surface area contributed by atoms with E-state index in [1.54, 1.807) is 6.07 Å². The number of hydrogen-bond donors (Lipinski definition) is 4. The van der Waals surface area contributed by atoms with Crippen LogP contribution >= 0.6 is 12.0 Å². The first-order chi connectivity index (χ1) is 22.7. The zero-order chi connectivity index (χ0) is 36.4. The van der Waals surface area contributed by atoms with E-state index in [9.17, 15) is 38.9 Å². The molecule has 0 aromatic heterocycles. The van der Waals surface area contributed by atoms with Gasteiger partial charge in [-0.15, -0.1) is 4.33 Å². The molecule has 0 saturated carbocycles. The summed E-state index contributed by atoms with van der Waals surface area (Å²) in [6.45, 7) is 8.31. The van der Waals surface area contributed by atoms with Crippen LogP contribution in [-0.4, -0.2) is 62.2 Å². The van der Waals surface area contributed by atoms with Gasteiger partial charge in [-0.05, 0) is 96.3 Å². The lowest BCUT2D eigenvalue weighted by molar-refractivity contribution is -0.432. The van der Waals surface area contributed by atoms with E-state index in [0.717, 1.165) is 40.0 Å². The second-order valence-corrected chi connectivity index (χ2v) is 18.4. The van der Waals surface area contributed by atoms with Crippen molar-refractivity contribution in [2.75, 3.05) is 23.0 Å². The molecule has 49 heavy (non-hydrogen) atoms. The Morgan fingerprint density at radius 2 is 1.47 bits per heavy atom. The highest BCUT2D eigenvalue weighted by molar-refractivity contribution is 7.94. The van der Waals surface area contributed by atoms with Gasteiger partial charge in [-0.3, -0.25) is 13.7 Å². The Morgan fingerprint density at radius 1 is 0.816 bits per heavy atom. The lowest BCUT2D eigenvalue weighted by Gasteiger charge is -2.27. The van der Waals surface area contributed by atoms with Crippen molar-refractivity contribution in [1.82, 2.24) is 0 Å². The number of fused-ring (bicyclic) bond motifs is 2. The molecule has 1 heterocycles. The Kier molecular flexibility index (Phi) is 12.0. The van der Waals surface area contributed by atoms with Gasteiger partial charge in [0.05, 0.1) is 28.4 Å². The van der Waals surface area contributed by atoms with Gasteiger partial charge in [0, 0.05) is 33.7 Å². The third-order valence-electron chi connectivity index (χ3n) is 8.94. The first-order valence-electron chi connectivity index (χ1n) is 15.4. The van der Waals surface area contributed by atoms with Crippen LogP contribution < -0.4 is 4.90 Å². The summed E-state index contributed by atoms with van der Waals surface area (Å²) < 4.78 is 102. The van der Waals surface area contributed by atoms with Crippen LogP contribution in [0.2, 0.25) is 0 Å². The predicted molar refractivity (Wildman–Crippen MR) is 187 cm³/mol. The molecule has 0 amide bonds. The van der Waals surface area contributed by atoms with Crippen molar-refractivity contribution in [2.45, 2.75) is 80.4 Å². The smallest absolute Gasteiger partial charge is 0.294 e. The molecule has 2 aromatic rings. The number of benzene rings is 2. The molecule has 270 valence electrons. The SMILES string of the molecule is CC1(C)C(C=CC=C2N(CCCCS(=O)(=O)O)c3ccc(S(=O)(=O)O)cc3C2(C)C)=C(CCCCS(=O)(=O)O)c2ccc(SOOO)cc21. The second kappa shape index (κ2) is 15.0. The molecule has 0 unspecified atom stereocenters. The van der Waals surface area contributed by atoms with Gasteiger partial charge < -0.3 is 4.90 Å². The number of hydrogen-bond acceptors (Lipinski definition) is 11. The zero-order valence-corrected chi connectivity index (χ0v) is 30.8. The standard InChI is InChI=1S/C32H41NO12S4/c1-31(2)26(24(10-5-7-18-47(35,36)37)25-15-13-22(20-27(25)31)46-45-44-34)11-9-12-30-32(3,4)28-21-23(49(41,42)43)14-16-29(28)33(30)17-6-8-19-48(38,39)40/h9,11-16,20-21,34H,5-8,10,17-19H2,1-4H3,(H,35,36,37)(H,38,39,40)(H,41,42,43). The van der Waals surface area contributed by atoms with Crippen molar-refractivity contribution in [1.29, 1.82) is 0 Å². The Balaban J connectivity index is 1.75. The van der Waals surface area contributed by atoms with Crippen LogP contribution in [-0.2, 0) is 50.6 Å². The number of rotatable bonds is 16. The lowest BCUT2D eigenvalue weighted by Crippen LogP contribution is -2.27. The molecule has 0 spiro atoms. The summed E-state index contributed by atoms with van der Waals surface area (Å²) in [6.07, 6.45) is 7.67. The Morgan fingerprint density at radius 3 is 2.08 bits per heavy atom. The fourth-order valence-electron chi connectivity index (χ4n) is 6.59. The first kappa shape index (κ1) is 39.2. The maximum Gasteiger partial charge on any atom is 0.294 e. The van der Waals surface area contributed by atoms with Gasteiger partial charge in [0.15, 0.2) is 0 Å². The summed E-state index contributed by atoms with van der Waals surface area (Å²) in [7, 11) is -12.7. The molecule has 0 radical (unpaired) electrons. The molecule has 0 saturated heterocycles. The number of allylic oxidation sites excluding steroid dienone is 6. The summed E-state index contributed by atoms with van der Waals surface area (Å²) in [5.41, 5.74) is 4.80. The molecule has 1 aliphatic carbocycles. The predicted octanol–water partition coefficient (Wildman–Crippen LogP) is 6.37. The summed E-state index contributed by atoms with van der Waals surface area (Å²) in [6, 6.07) is 10.0. The van der Waals surface area contributed by atoms with Gasteiger partial charge in [0.2, 0.25) is 0 Å². The van der Waals surface area contributed by atoms with E-state index in [1.807, 2.05) is 55.2 Å². The average Bonchev–Trinajstić information content (AvgIpc) is 3.33. The highest BCUT2D eigenvalue weighted by atomic mass is 32.2.